The smallest absolute Gasteiger partial charge is 0.274 e. The van der Waals surface area contributed by atoms with Gasteiger partial charge in [-0.25, -0.2) is 9.97 Å². The highest BCUT2D eigenvalue weighted by molar-refractivity contribution is 6.03. The van der Waals surface area contributed by atoms with Crippen molar-refractivity contribution in [3.63, 3.8) is 0 Å². The van der Waals surface area contributed by atoms with Crippen molar-refractivity contribution in [1.29, 1.82) is 0 Å². The van der Waals surface area contributed by atoms with Crippen molar-refractivity contribution in [2.45, 2.75) is 52.9 Å². The summed E-state index contributed by atoms with van der Waals surface area (Å²) in [6.07, 6.45) is 8.38. The van der Waals surface area contributed by atoms with Gasteiger partial charge < -0.3 is 10.6 Å². The molecule has 27 heavy (non-hydrogen) atoms. The Morgan fingerprint density at radius 1 is 1.04 bits per heavy atom. The van der Waals surface area contributed by atoms with Gasteiger partial charge in [0, 0.05) is 18.3 Å². The van der Waals surface area contributed by atoms with Crippen LogP contribution in [0.2, 0.25) is 0 Å². The predicted molar refractivity (Wildman–Crippen MR) is 110 cm³/mol. The van der Waals surface area contributed by atoms with E-state index in [9.17, 15) is 4.79 Å². The van der Waals surface area contributed by atoms with Gasteiger partial charge in [-0.3, -0.25) is 4.79 Å². The Balaban J connectivity index is 1.64. The van der Waals surface area contributed by atoms with Crippen molar-refractivity contribution in [2.24, 2.45) is 0 Å². The molecule has 0 unspecified atom stereocenters. The summed E-state index contributed by atoms with van der Waals surface area (Å²) >= 11 is 0. The first kappa shape index (κ1) is 19.1. The van der Waals surface area contributed by atoms with E-state index >= 15 is 0 Å². The van der Waals surface area contributed by atoms with E-state index in [-0.39, 0.29) is 5.91 Å². The maximum atomic E-state index is 12.6. The molecule has 0 spiro atoms. The Morgan fingerprint density at radius 2 is 1.81 bits per heavy atom. The number of hydrogen-bond acceptors (Lipinski definition) is 4. The molecule has 2 aromatic rings. The number of aromatic nitrogens is 2. The van der Waals surface area contributed by atoms with Gasteiger partial charge in [-0.15, -0.1) is 0 Å². The quantitative estimate of drug-likeness (QED) is 0.711. The Bertz CT molecular complexity index is 837. The number of allylic oxidation sites excluding steroid dienone is 1. The fourth-order valence-corrected chi connectivity index (χ4v) is 3.50. The molecule has 0 radical (unpaired) electrons. The molecule has 5 nitrogen and oxygen atoms in total. The number of aryl methyl sites for hydroxylation is 3. The normalized spacial score (nSPS) is 13.8. The summed E-state index contributed by atoms with van der Waals surface area (Å²) in [4.78, 5) is 21.3. The largest absolute Gasteiger partial charge is 0.370 e. The zero-order valence-corrected chi connectivity index (χ0v) is 16.4. The number of amides is 1. The molecule has 0 saturated heterocycles. The van der Waals surface area contributed by atoms with Crippen LogP contribution in [-0.2, 0) is 0 Å². The van der Waals surface area contributed by atoms with Gasteiger partial charge in [0.15, 0.2) is 0 Å². The zero-order valence-electron chi connectivity index (χ0n) is 16.4. The lowest BCUT2D eigenvalue weighted by Gasteiger charge is -2.14. The molecule has 3 rings (SSSR count). The van der Waals surface area contributed by atoms with Crippen LogP contribution in [0.15, 0.2) is 35.9 Å². The number of nitrogens with zero attached hydrogens (tertiary/aromatic N) is 2. The number of nitrogens with one attached hydrogen (secondary N) is 2. The summed E-state index contributed by atoms with van der Waals surface area (Å²) in [6.45, 7) is 6.66. The summed E-state index contributed by atoms with van der Waals surface area (Å²) in [6, 6.07) is 7.71. The molecule has 1 aromatic heterocycles. The first-order valence-electron chi connectivity index (χ1n) is 9.67. The van der Waals surface area contributed by atoms with Crippen LogP contribution in [0, 0.1) is 20.8 Å². The molecule has 1 amide bonds. The van der Waals surface area contributed by atoms with Crippen molar-refractivity contribution in [3.05, 3.63) is 58.6 Å². The second kappa shape index (κ2) is 8.80. The van der Waals surface area contributed by atoms with Gasteiger partial charge in [0.1, 0.15) is 17.3 Å². The molecule has 1 aromatic carbocycles. The average molecular weight is 364 g/mol. The molecule has 1 heterocycles. The minimum Gasteiger partial charge on any atom is -0.370 e. The molecular weight excluding hydrogens is 336 g/mol. The van der Waals surface area contributed by atoms with Crippen LogP contribution in [-0.4, -0.2) is 22.4 Å². The van der Waals surface area contributed by atoms with Crippen LogP contribution in [0.5, 0.6) is 0 Å². The van der Waals surface area contributed by atoms with Crippen LogP contribution < -0.4 is 10.6 Å². The highest BCUT2D eigenvalue weighted by Gasteiger charge is 2.12. The molecule has 0 fully saturated rings. The summed E-state index contributed by atoms with van der Waals surface area (Å²) in [7, 11) is 0. The minimum absolute atomic E-state index is 0.219. The number of benzene rings is 1. The molecule has 1 aliphatic carbocycles. The Kier molecular flexibility index (Phi) is 6.22. The van der Waals surface area contributed by atoms with Gasteiger partial charge in [-0.1, -0.05) is 17.7 Å². The Morgan fingerprint density at radius 3 is 2.52 bits per heavy atom. The maximum absolute atomic E-state index is 12.6. The van der Waals surface area contributed by atoms with Gasteiger partial charge >= 0.3 is 0 Å². The fraction of sp³-hybridized carbons (Fsp3) is 0.409. The molecule has 0 saturated carbocycles. The Hall–Kier alpha value is -2.69. The number of hydrogen-bond donors (Lipinski definition) is 2. The molecular formula is C22H28N4O. The molecule has 0 aliphatic heterocycles. The van der Waals surface area contributed by atoms with Crippen molar-refractivity contribution in [3.8, 4) is 0 Å². The van der Waals surface area contributed by atoms with E-state index in [4.69, 9.17) is 0 Å². The lowest BCUT2D eigenvalue weighted by Crippen LogP contribution is -2.16. The SMILES string of the molecule is Cc1cc(C)cc(NC(=O)c2cc(NCCC3=CCCCC3)nc(C)n2)c1. The van der Waals surface area contributed by atoms with Crippen LogP contribution in [0.3, 0.4) is 0 Å². The van der Waals surface area contributed by atoms with E-state index in [0.717, 1.165) is 29.8 Å². The molecule has 0 bridgehead atoms. The summed E-state index contributed by atoms with van der Waals surface area (Å²) in [5.74, 6) is 1.07. The monoisotopic (exact) mass is 364 g/mol. The lowest BCUT2D eigenvalue weighted by molar-refractivity contribution is 0.102. The first-order valence-corrected chi connectivity index (χ1v) is 9.67. The van der Waals surface area contributed by atoms with Gasteiger partial charge in [0.05, 0.1) is 0 Å². The number of carbonyl (C=O) groups excluding carboxylic acids is 1. The van der Waals surface area contributed by atoms with Crippen molar-refractivity contribution >= 4 is 17.4 Å². The second-order valence-electron chi connectivity index (χ2n) is 7.30. The van der Waals surface area contributed by atoms with Crippen molar-refractivity contribution < 1.29 is 4.79 Å². The first-order chi connectivity index (χ1) is 13.0. The van der Waals surface area contributed by atoms with E-state index in [1.54, 1.807) is 6.07 Å². The van der Waals surface area contributed by atoms with Gasteiger partial charge in [0.25, 0.3) is 5.91 Å². The average Bonchev–Trinajstić information content (AvgIpc) is 2.61. The van der Waals surface area contributed by atoms with E-state index in [1.807, 2.05) is 32.9 Å². The highest BCUT2D eigenvalue weighted by Crippen LogP contribution is 2.20. The maximum Gasteiger partial charge on any atom is 0.274 e. The lowest BCUT2D eigenvalue weighted by atomic mass is 9.97. The van der Waals surface area contributed by atoms with Crippen molar-refractivity contribution in [1.82, 2.24) is 9.97 Å². The predicted octanol–water partition coefficient (Wildman–Crippen LogP) is 4.96. The van der Waals surface area contributed by atoms with Gasteiger partial charge in [-0.2, -0.15) is 0 Å². The minimum atomic E-state index is -0.219. The van der Waals surface area contributed by atoms with Crippen LogP contribution >= 0.6 is 0 Å². The number of rotatable bonds is 6. The highest BCUT2D eigenvalue weighted by atomic mass is 16.1. The van der Waals surface area contributed by atoms with Gasteiger partial charge in [-0.05, 0) is 76.1 Å². The third-order valence-corrected chi connectivity index (χ3v) is 4.69. The standard InChI is InChI=1S/C22H28N4O/c1-15-11-16(2)13-19(12-15)26-22(27)20-14-21(25-17(3)24-20)23-10-9-18-7-5-4-6-8-18/h7,11-14H,4-6,8-10H2,1-3H3,(H,26,27)(H,23,24,25). The Labute approximate surface area is 161 Å². The van der Waals surface area contributed by atoms with E-state index in [2.05, 4.69) is 32.7 Å². The third-order valence-electron chi connectivity index (χ3n) is 4.69. The number of carbonyl (C=O) groups is 1. The third kappa shape index (κ3) is 5.64. The zero-order chi connectivity index (χ0) is 19.2. The van der Waals surface area contributed by atoms with E-state index in [0.29, 0.717) is 17.3 Å². The van der Waals surface area contributed by atoms with E-state index in [1.165, 1.54) is 31.3 Å². The molecule has 5 heteroatoms. The summed E-state index contributed by atoms with van der Waals surface area (Å²) < 4.78 is 0. The molecule has 142 valence electrons. The molecule has 2 N–H and O–H groups in total. The summed E-state index contributed by atoms with van der Waals surface area (Å²) in [5.41, 5.74) is 4.91. The molecule has 0 atom stereocenters. The van der Waals surface area contributed by atoms with Crippen LogP contribution in [0.25, 0.3) is 0 Å². The van der Waals surface area contributed by atoms with Crippen molar-refractivity contribution in [2.75, 3.05) is 17.2 Å². The van der Waals surface area contributed by atoms with Gasteiger partial charge in [0.2, 0.25) is 0 Å². The van der Waals surface area contributed by atoms with E-state index < -0.39 is 0 Å². The summed E-state index contributed by atoms with van der Waals surface area (Å²) in [5, 5.41) is 6.27. The van der Waals surface area contributed by atoms with Crippen LogP contribution in [0.4, 0.5) is 11.5 Å². The molecule has 1 aliphatic rings. The number of anilines is 2. The topological polar surface area (TPSA) is 66.9 Å². The van der Waals surface area contributed by atoms with Crippen LogP contribution in [0.1, 0.15) is 59.5 Å². The fourth-order valence-electron chi connectivity index (χ4n) is 3.50. The second-order valence-corrected chi connectivity index (χ2v) is 7.30.